The Morgan fingerprint density at radius 1 is 1.62 bits per heavy atom. The van der Waals surface area contributed by atoms with E-state index in [0.29, 0.717) is 0 Å². The quantitative estimate of drug-likeness (QED) is 0.541. The second kappa shape index (κ2) is 5.50. The molecule has 2 unspecified atom stereocenters. The molecule has 0 radical (unpaired) electrons. The fourth-order valence-corrected chi connectivity index (χ4v) is 1.59. The van der Waals surface area contributed by atoms with Crippen molar-refractivity contribution in [2.75, 3.05) is 20.3 Å². The molecule has 1 aliphatic heterocycles. The molecule has 1 N–H and O–H groups in total. The third-order valence-electron chi connectivity index (χ3n) is 2.30. The minimum Gasteiger partial charge on any atom is -0.460 e. The van der Waals surface area contributed by atoms with Crippen LogP contribution in [-0.4, -0.2) is 54.5 Å². The van der Waals surface area contributed by atoms with Crippen LogP contribution in [0.15, 0.2) is 12.7 Å². The average molecular weight is 229 g/mol. The molecule has 0 aromatic carbocycles. The number of hydrogen-bond acceptors (Lipinski definition) is 5. The van der Waals surface area contributed by atoms with E-state index in [0.717, 1.165) is 4.90 Å². The average Bonchev–Trinajstić information content (AvgIpc) is 2.67. The SMILES string of the molecule is C=CCOC(=O)C1CC(O)CN1C(=O)OC. The van der Waals surface area contributed by atoms with Gasteiger partial charge in [0.25, 0.3) is 0 Å². The number of ether oxygens (including phenoxy) is 2. The molecule has 1 fully saturated rings. The molecule has 6 heteroatoms. The standard InChI is InChI=1S/C10H15NO5/c1-3-4-16-9(13)8-5-7(12)6-11(8)10(14)15-2/h3,7-8,12H,1,4-6H2,2H3. The topological polar surface area (TPSA) is 76.1 Å². The van der Waals surface area contributed by atoms with Gasteiger partial charge in [-0.15, -0.1) is 0 Å². The Hall–Kier alpha value is -1.56. The molecule has 16 heavy (non-hydrogen) atoms. The number of methoxy groups -OCH3 is 1. The number of esters is 1. The normalized spacial score (nSPS) is 24.0. The molecule has 0 aromatic rings. The molecule has 0 aromatic heterocycles. The fraction of sp³-hybridized carbons (Fsp3) is 0.600. The van der Waals surface area contributed by atoms with Crippen molar-refractivity contribution in [1.29, 1.82) is 0 Å². The van der Waals surface area contributed by atoms with Crippen molar-refractivity contribution in [3.8, 4) is 0 Å². The van der Waals surface area contributed by atoms with Gasteiger partial charge in [0.05, 0.1) is 19.8 Å². The lowest BCUT2D eigenvalue weighted by Gasteiger charge is -2.20. The maximum absolute atomic E-state index is 11.6. The molecule has 0 saturated carbocycles. The lowest BCUT2D eigenvalue weighted by Crippen LogP contribution is -2.41. The molecule has 0 spiro atoms. The van der Waals surface area contributed by atoms with Crippen molar-refractivity contribution in [3.63, 3.8) is 0 Å². The van der Waals surface area contributed by atoms with Crippen LogP contribution < -0.4 is 0 Å². The highest BCUT2D eigenvalue weighted by molar-refractivity contribution is 5.82. The summed E-state index contributed by atoms with van der Waals surface area (Å²) in [6.45, 7) is 3.58. The first-order chi connectivity index (χ1) is 7.60. The Kier molecular flexibility index (Phi) is 4.30. The zero-order chi connectivity index (χ0) is 12.1. The van der Waals surface area contributed by atoms with E-state index in [1.54, 1.807) is 0 Å². The number of β-amino-alcohol motifs (C(OH)–C–C–N with tert-alkyl or cyclic N) is 1. The van der Waals surface area contributed by atoms with Crippen molar-refractivity contribution in [2.24, 2.45) is 0 Å². The van der Waals surface area contributed by atoms with Crippen LogP contribution in [0.25, 0.3) is 0 Å². The summed E-state index contributed by atoms with van der Waals surface area (Å²) < 4.78 is 9.35. The molecule has 2 atom stereocenters. The predicted octanol–water partition coefficient (Wildman–Crippen LogP) is -0.0828. The molecule has 0 bridgehead atoms. The number of rotatable bonds is 3. The molecule has 1 rings (SSSR count). The van der Waals surface area contributed by atoms with Gasteiger partial charge < -0.3 is 14.6 Å². The van der Waals surface area contributed by atoms with Gasteiger partial charge in [-0.1, -0.05) is 12.7 Å². The highest BCUT2D eigenvalue weighted by Gasteiger charge is 2.40. The fourth-order valence-electron chi connectivity index (χ4n) is 1.59. The highest BCUT2D eigenvalue weighted by atomic mass is 16.6. The van der Waals surface area contributed by atoms with Gasteiger partial charge in [0, 0.05) is 6.42 Å². The summed E-state index contributed by atoms with van der Waals surface area (Å²) >= 11 is 0. The Labute approximate surface area is 93.4 Å². The molecule has 0 aliphatic carbocycles. The van der Waals surface area contributed by atoms with Crippen molar-refractivity contribution >= 4 is 12.1 Å². The van der Waals surface area contributed by atoms with E-state index >= 15 is 0 Å². The summed E-state index contributed by atoms with van der Waals surface area (Å²) in [6.07, 6.45) is 0.245. The summed E-state index contributed by atoms with van der Waals surface area (Å²) in [5, 5.41) is 9.41. The number of nitrogens with zero attached hydrogens (tertiary/aromatic N) is 1. The number of amides is 1. The van der Waals surface area contributed by atoms with Gasteiger partial charge in [0.15, 0.2) is 0 Å². The van der Waals surface area contributed by atoms with Crippen molar-refractivity contribution in [1.82, 2.24) is 4.90 Å². The molecule has 1 heterocycles. The zero-order valence-corrected chi connectivity index (χ0v) is 9.09. The summed E-state index contributed by atoms with van der Waals surface area (Å²) in [5.74, 6) is -0.554. The Morgan fingerprint density at radius 3 is 2.88 bits per heavy atom. The molecule has 1 aliphatic rings. The van der Waals surface area contributed by atoms with Gasteiger partial charge in [-0.25, -0.2) is 9.59 Å². The van der Waals surface area contributed by atoms with Crippen molar-refractivity contribution in [3.05, 3.63) is 12.7 Å². The second-order valence-electron chi connectivity index (χ2n) is 3.45. The smallest absolute Gasteiger partial charge is 0.410 e. The van der Waals surface area contributed by atoms with E-state index in [1.165, 1.54) is 13.2 Å². The van der Waals surface area contributed by atoms with Crippen LogP contribution in [0, 0.1) is 0 Å². The molecule has 90 valence electrons. The van der Waals surface area contributed by atoms with Crippen molar-refractivity contribution < 1.29 is 24.2 Å². The lowest BCUT2D eigenvalue weighted by atomic mass is 10.2. The van der Waals surface area contributed by atoms with E-state index in [4.69, 9.17) is 4.74 Å². The first-order valence-corrected chi connectivity index (χ1v) is 4.90. The number of carbonyl (C=O) groups excluding carboxylic acids is 2. The van der Waals surface area contributed by atoms with Gasteiger partial charge >= 0.3 is 12.1 Å². The molecule has 1 amide bonds. The van der Waals surface area contributed by atoms with Crippen LogP contribution in [0.5, 0.6) is 0 Å². The summed E-state index contributed by atoms with van der Waals surface area (Å²) in [5.41, 5.74) is 0. The third kappa shape index (κ3) is 2.73. The van der Waals surface area contributed by atoms with E-state index in [2.05, 4.69) is 11.3 Å². The minimum atomic E-state index is -0.776. The number of likely N-dealkylation sites (tertiary alicyclic amines) is 1. The number of hydrogen-bond donors (Lipinski definition) is 1. The van der Waals surface area contributed by atoms with Crippen LogP contribution in [0.3, 0.4) is 0 Å². The monoisotopic (exact) mass is 229 g/mol. The van der Waals surface area contributed by atoms with Crippen LogP contribution in [0.1, 0.15) is 6.42 Å². The van der Waals surface area contributed by atoms with Crippen molar-refractivity contribution in [2.45, 2.75) is 18.6 Å². The van der Waals surface area contributed by atoms with Crippen LogP contribution in [0.2, 0.25) is 0 Å². The summed E-state index contributed by atoms with van der Waals surface area (Å²) in [6, 6.07) is -0.776. The first kappa shape index (κ1) is 12.5. The maximum atomic E-state index is 11.6. The Morgan fingerprint density at radius 2 is 2.31 bits per heavy atom. The van der Waals surface area contributed by atoms with Crippen LogP contribution in [-0.2, 0) is 14.3 Å². The highest BCUT2D eigenvalue weighted by Crippen LogP contribution is 2.19. The third-order valence-corrected chi connectivity index (χ3v) is 2.30. The largest absolute Gasteiger partial charge is 0.460 e. The van der Waals surface area contributed by atoms with Crippen LogP contribution in [0.4, 0.5) is 4.79 Å². The number of aliphatic hydroxyl groups excluding tert-OH is 1. The maximum Gasteiger partial charge on any atom is 0.410 e. The van der Waals surface area contributed by atoms with Gasteiger partial charge in [0.1, 0.15) is 12.6 Å². The van der Waals surface area contributed by atoms with E-state index in [-0.39, 0.29) is 19.6 Å². The van der Waals surface area contributed by atoms with Gasteiger partial charge in [0.2, 0.25) is 0 Å². The zero-order valence-electron chi connectivity index (χ0n) is 9.09. The molecular formula is C10H15NO5. The predicted molar refractivity (Wildman–Crippen MR) is 54.7 cm³/mol. The number of carbonyl (C=O) groups is 2. The van der Waals surface area contributed by atoms with E-state index in [1.807, 2.05) is 0 Å². The van der Waals surface area contributed by atoms with Gasteiger partial charge in [-0.05, 0) is 0 Å². The van der Waals surface area contributed by atoms with Gasteiger partial charge in [-0.2, -0.15) is 0 Å². The Balaban J connectivity index is 2.65. The second-order valence-corrected chi connectivity index (χ2v) is 3.45. The van der Waals surface area contributed by atoms with E-state index in [9.17, 15) is 14.7 Å². The number of aliphatic hydroxyl groups is 1. The molecule has 6 nitrogen and oxygen atoms in total. The Bertz CT molecular complexity index is 291. The van der Waals surface area contributed by atoms with Gasteiger partial charge in [-0.3, -0.25) is 4.90 Å². The summed E-state index contributed by atoms with van der Waals surface area (Å²) in [7, 11) is 1.22. The lowest BCUT2D eigenvalue weighted by molar-refractivity contribution is -0.147. The van der Waals surface area contributed by atoms with E-state index < -0.39 is 24.2 Å². The minimum absolute atomic E-state index is 0.0838. The molecular weight excluding hydrogens is 214 g/mol. The molecule has 1 saturated heterocycles. The van der Waals surface area contributed by atoms with Crippen LogP contribution >= 0.6 is 0 Å². The first-order valence-electron chi connectivity index (χ1n) is 4.90. The summed E-state index contributed by atoms with van der Waals surface area (Å²) in [4.78, 5) is 24.0.